The summed E-state index contributed by atoms with van der Waals surface area (Å²) in [7, 11) is 0. The number of aromatic nitrogens is 3. The largest absolute Gasteiger partial charge is 0.417 e. The number of halogens is 4. The highest BCUT2D eigenvalue weighted by atomic mass is 35.5. The Morgan fingerprint density at radius 1 is 1.06 bits per heavy atom. The van der Waals surface area contributed by atoms with Crippen LogP contribution in [0.25, 0.3) is 5.65 Å². The number of fused-ring (bicyclic) bond motifs is 1. The zero-order chi connectivity index (χ0) is 22.9. The van der Waals surface area contributed by atoms with E-state index in [-0.39, 0.29) is 35.7 Å². The molecular formula is C21H19ClF3N5O2. The first kappa shape index (κ1) is 22.1. The third-order valence-electron chi connectivity index (χ3n) is 5.47. The Bertz CT molecular complexity index is 1140. The lowest BCUT2D eigenvalue weighted by Crippen LogP contribution is -2.43. The first-order valence-corrected chi connectivity index (χ1v) is 10.3. The van der Waals surface area contributed by atoms with Gasteiger partial charge in [-0.25, -0.2) is 0 Å². The fraction of sp³-hybridized carbons (Fsp3) is 0.333. The molecule has 3 aromatic rings. The normalized spacial score (nSPS) is 15.2. The van der Waals surface area contributed by atoms with E-state index in [9.17, 15) is 22.8 Å². The highest BCUT2D eigenvalue weighted by Gasteiger charge is 2.31. The summed E-state index contributed by atoms with van der Waals surface area (Å²) in [5.74, 6) is -0.438. The number of carbonyl (C=O) groups is 2. The summed E-state index contributed by atoms with van der Waals surface area (Å²) in [5.41, 5.74) is -0.0272. The van der Waals surface area contributed by atoms with E-state index in [2.05, 4.69) is 15.5 Å². The van der Waals surface area contributed by atoms with Gasteiger partial charge in [0.2, 0.25) is 5.91 Å². The third-order valence-corrected chi connectivity index (χ3v) is 5.72. The average molecular weight is 466 g/mol. The molecule has 0 spiro atoms. The first-order chi connectivity index (χ1) is 15.2. The van der Waals surface area contributed by atoms with Crippen LogP contribution >= 0.6 is 11.6 Å². The van der Waals surface area contributed by atoms with Crippen LogP contribution in [0.15, 0.2) is 42.6 Å². The predicted molar refractivity (Wildman–Crippen MR) is 110 cm³/mol. The maximum atomic E-state index is 13.0. The second kappa shape index (κ2) is 8.78. The topological polar surface area (TPSA) is 79.6 Å². The number of amides is 2. The van der Waals surface area contributed by atoms with Crippen LogP contribution in [0.4, 0.5) is 13.2 Å². The van der Waals surface area contributed by atoms with Gasteiger partial charge in [-0.15, -0.1) is 10.2 Å². The highest BCUT2D eigenvalue weighted by Crippen LogP contribution is 2.29. The molecule has 1 aliphatic heterocycles. The van der Waals surface area contributed by atoms with Crippen LogP contribution < -0.4 is 5.32 Å². The highest BCUT2D eigenvalue weighted by molar-refractivity contribution is 6.30. The van der Waals surface area contributed by atoms with Crippen molar-refractivity contribution in [3.8, 4) is 0 Å². The smallest absolute Gasteiger partial charge is 0.349 e. The van der Waals surface area contributed by atoms with E-state index >= 15 is 0 Å². The van der Waals surface area contributed by atoms with Crippen LogP contribution in [0, 0.1) is 5.92 Å². The number of hydrogen-bond acceptors (Lipinski definition) is 4. The van der Waals surface area contributed by atoms with Crippen molar-refractivity contribution >= 4 is 29.1 Å². The molecule has 11 heteroatoms. The molecule has 1 aromatic carbocycles. The minimum atomic E-state index is -4.49. The summed E-state index contributed by atoms with van der Waals surface area (Å²) in [6.07, 6.45) is -2.60. The van der Waals surface area contributed by atoms with Crippen molar-refractivity contribution < 1.29 is 22.8 Å². The van der Waals surface area contributed by atoms with Crippen molar-refractivity contribution in [2.45, 2.75) is 25.6 Å². The number of carbonyl (C=O) groups excluding carboxylic acids is 2. The predicted octanol–water partition coefficient (Wildman–Crippen LogP) is 3.57. The number of alkyl halides is 3. The molecule has 1 saturated heterocycles. The summed E-state index contributed by atoms with van der Waals surface area (Å²) in [6, 6.07) is 8.80. The second-order valence-electron chi connectivity index (χ2n) is 7.55. The second-order valence-corrected chi connectivity index (χ2v) is 7.99. The van der Waals surface area contributed by atoms with Gasteiger partial charge in [0.25, 0.3) is 5.91 Å². The van der Waals surface area contributed by atoms with Crippen molar-refractivity contribution in [2.24, 2.45) is 5.92 Å². The van der Waals surface area contributed by atoms with E-state index in [0.717, 1.165) is 12.3 Å². The number of likely N-dealkylation sites (tertiary alicyclic amines) is 1. The lowest BCUT2D eigenvalue weighted by atomic mass is 9.95. The molecule has 2 amide bonds. The van der Waals surface area contributed by atoms with Gasteiger partial charge in [-0.05, 0) is 49.2 Å². The molecule has 4 rings (SSSR count). The monoisotopic (exact) mass is 465 g/mol. The lowest BCUT2D eigenvalue weighted by molar-refractivity contribution is -0.138. The number of nitrogens with zero attached hydrogens (tertiary/aromatic N) is 4. The number of benzene rings is 1. The fourth-order valence-electron chi connectivity index (χ4n) is 3.66. The van der Waals surface area contributed by atoms with Gasteiger partial charge in [0.15, 0.2) is 11.5 Å². The van der Waals surface area contributed by atoms with E-state index in [1.165, 1.54) is 10.5 Å². The average Bonchev–Trinajstić information content (AvgIpc) is 3.19. The van der Waals surface area contributed by atoms with Crippen molar-refractivity contribution in [1.29, 1.82) is 0 Å². The summed E-state index contributed by atoms with van der Waals surface area (Å²) in [6.45, 7) is 0.815. The molecule has 0 radical (unpaired) electrons. The quantitative estimate of drug-likeness (QED) is 0.639. The maximum Gasteiger partial charge on any atom is 0.417 e. The van der Waals surface area contributed by atoms with Crippen LogP contribution in [-0.2, 0) is 17.5 Å². The Kier molecular flexibility index (Phi) is 6.05. The molecule has 7 nitrogen and oxygen atoms in total. The van der Waals surface area contributed by atoms with Gasteiger partial charge in [-0.2, -0.15) is 13.2 Å². The van der Waals surface area contributed by atoms with Gasteiger partial charge in [0, 0.05) is 35.8 Å². The SMILES string of the molecule is O=C(NCc1nnc2ccc(C(F)(F)F)cn12)C1CCN(C(=O)c2ccc(Cl)cc2)CC1. The fourth-order valence-corrected chi connectivity index (χ4v) is 3.78. The molecule has 3 heterocycles. The van der Waals surface area contributed by atoms with Crippen molar-refractivity contribution in [3.05, 3.63) is 64.6 Å². The molecule has 1 aliphatic rings. The van der Waals surface area contributed by atoms with Crippen LogP contribution in [0.2, 0.25) is 5.02 Å². The molecule has 0 unspecified atom stereocenters. The van der Waals surface area contributed by atoms with Crippen LogP contribution in [0.5, 0.6) is 0 Å². The minimum Gasteiger partial charge on any atom is -0.349 e. The Morgan fingerprint density at radius 2 is 1.75 bits per heavy atom. The molecule has 0 bridgehead atoms. The lowest BCUT2D eigenvalue weighted by Gasteiger charge is -2.31. The van der Waals surface area contributed by atoms with Gasteiger partial charge in [-0.1, -0.05) is 11.6 Å². The Hall–Kier alpha value is -3.14. The summed E-state index contributed by atoms with van der Waals surface area (Å²) >= 11 is 5.85. The number of pyridine rings is 1. The van der Waals surface area contributed by atoms with E-state index in [1.807, 2.05) is 0 Å². The number of hydrogen-bond donors (Lipinski definition) is 1. The van der Waals surface area contributed by atoms with Crippen molar-refractivity contribution in [1.82, 2.24) is 24.8 Å². The molecule has 0 atom stereocenters. The maximum absolute atomic E-state index is 13.0. The Labute approximate surface area is 186 Å². The molecule has 1 fully saturated rings. The molecule has 32 heavy (non-hydrogen) atoms. The van der Waals surface area contributed by atoms with Crippen molar-refractivity contribution in [2.75, 3.05) is 13.1 Å². The summed E-state index contributed by atoms with van der Waals surface area (Å²) in [5, 5.41) is 11.0. The molecule has 1 N–H and O–H groups in total. The Morgan fingerprint density at radius 3 is 2.41 bits per heavy atom. The molecule has 0 aliphatic carbocycles. The Balaban J connectivity index is 1.34. The van der Waals surface area contributed by atoms with Gasteiger partial charge >= 0.3 is 6.18 Å². The van der Waals surface area contributed by atoms with Gasteiger partial charge in [0.05, 0.1) is 12.1 Å². The molecular weight excluding hydrogens is 447 g/mol. The number of rotatable bonds is 4. The van der Waals surface area contributed by atoms with Crippen LogP contribution in [-0.4, -0.2) is 44.4 Å². The van der Waals surface area contributed by atoms with E-state index in [0.29, 0.717) is 36.5 Å². The van der Waals surface area contributed by atoms with Gasteiger partial charge in [-0.3, -0.25) is 14.0 Å². The van der Waals surface area contributed by atoms with E-state index in [1.54, 1.807) is 29.2 Å². The number of piperidine rings is 1. The summed E-state index contributed by atoms with van der Waals surface area (Å²) in [4.78, 5) is 26.8. The first-order valence-electron chi connectivity index (χ1n) is 9.96. The molecule has 0 saturated carbocycles. The zero-order valence-electron chi connectivity index (χ0n) is 16.8. The number of nitrogens with one attached hydrogen (secondary N) is 1. The van der Waals surface area contributed by atoms with Gasteiger partial charge < -0.3 is 10.2 Å². The standard InChI is InChI=1S/C21H19ClF3N5O2/c22-16-4-1-14(2-5-16)20(32)29-9-7-13(8-10-29)19(31)26-11-18-28-27-17-6-3-15(12-30(17)18)21(23,24)25/h1-6,12-13H,7-11H2,(H,26,31). The van der Waals surface area contributed by atoms with Crippen LogP contribution in [0.3, 0.4) is 0 Å². The minimum absolute atomic E-state index is 0.0504. The van der Waals surface area contributed by atoms with E-state index in [4.69, 9.17) is 11.6 Å². The van der Waals surface area contributed by atoms with Gasteiger partial charge in [0.1, 0.15) is 0 Å². The van der Waals surface area contributed by atoms with Crippen LogP contribution in [0.1, 0.15) is 34.6 Å². The zero-order valence-corrected chi connectivity index (χ0v) is 17.5. The molecule has 168 valence electrons. The third kappa shape index (κ3) is 4.69. The van der Waals surface area contributed by atoms with Crippen molar-refractivity contribution in [3.63, 3.8) is 0 Å². The van der Waals surface area contributed by atoms with E-state index < -0.39 is 11.7 Å². The molecule has 2 aromatic heterocycles. The summed E-state index contributed by atoms with van der Waals surface area (Å²) < 4.78 is 40.1.